The molecule has 2 aromatic carbocycles. The van der Waals surface area contributed by atoms with E-state index in [0.717, 1.165) is 4.90 Å². The maximum Gasteiger partial charge on any atom is 0.337 e. The number of aryl methyl sites for hydroxylation is 1. The number of benzene rings is 2. The standard InChI is InChI=1S/C19H17N3O4S/c1-12-20-17(26-22-12)11-27-16-9-4-3-8-15(16)18(23)21-14-7-5-6-13(10-14)19(24)25-2/h3-10H,11H2,1-2H3,(H,21,23). The largest absolute Gasteiger partial charge is 0.465 e. The van der Waals surface area contributed by atoms with Crippen LogP contribution in [0.1, 0.15) is 32.4 Å². The summed E-state index contributed by atoms with van der Waals surface area (Å²) in [7, 11) is 1.31. The second-order valence-corrected chi connectivity index (χ2v) is 6.56. The van der Waals surface area contributed by atoms with E-state index in [4.69, 9.17) is 9.26 Å². The summed E-state index contributed by atoms with van der Waals surface area (Å²) in [5.41, 5.74) is 1.39. The molecule has 0 atom stereocenters. The van der Waals surface area contributed by atoms with Crippen LogP contribution in [-0.4, -0.2) is 29.1 Å². The Balaban J connectivity index is 1.74. The Labute approximate surface area is 160 Å². The Morgan fingerprint density at radius 2 is 2.00 bits per heavy atom. The zero-order valence-electron chi connectivity index (χ0n) is 14.8. The number of hydrogen-bond donors (Lipinski definition) is 1. The van der Waals surface area contributed by atoms with Gasteiger partial charge in [-0.15, -0.1) is 11.8 Å². The average Bonchev–Trinajstić information content (AvgIpc) is 3.11. The molecule has 1 amide bonds. The van der Waals surface area contributed by atoms with Crippen LogP contribution in [0.5, 0.6) is 0 Å². The van der Waals surface area contributed by atoms with Gasteiger partial charge in [0.05, 0.1) is 24.0 Å². The molecule has 0 aliphatic carbocycles. The monoisotopic (exact) mass is 383 g/mol. The number of nitrogens with zero attached hydrogens (tertiary/aromatic N) is 2. The third-order valence-corrected chi connectivity index (χ3v) is 4.65. The summed E-state index contributed by atoms with van der Waals surface area (Å²) in [4.78, 5) is 29.3. The quantitative estimate of drug-likeness (QED) is 0.512. The molecule has 0 spiro atoms. The van der Waals surface area contributed by atoms with Gasteiger partial charge in [0, 0.05) is 10.6 Å². The summed E-state index contributed by atoms with van der Waals surface area (Å²) in [6.45, 7) is 1.75. The van der Waals surface area contributed by atoms with Crippen LogP contribution in [-0.2, 0) is 10.5 Å². The normalized spacial score (nSPS) is 10.4. The first-order valence-electron chi connectivity index (χ1n) is 8.07. The molecule has 0 aliphatic rings. The fraction of sp³-hybridized carbons (Fsp3) is 0.158. The lowest BCUT2D eigenvalue weighted by Crippen LogP contribution is -2.13. The molecule has 0 radical (unpaired) electrons. The predicted molar refractivity (Wildman–Crippen MR) is 101 cm³/mol. The van der Waals surface area contributed by atoms with Crippen molar-refractivity contribution in [3.05, 3.63) is 71.4 Å². The number of amides is 1. The molecule has 7 nitrogen and oxygen atoms in total. The van der Waals surface area contributed by atoms with Crippen molar-refractivity contribution in [2.24, 2.45) is 0 Å². The number of aromatic nitrogens is 2. The highest BCUT2D eigenvalue weighted by Crippen LogP contribution is 2.26. The Morgan fingerprint density at radius 1 is 1.19 bits per heavy atom. The minimum atomic E-state index is -0.461. The second-order valence-electron chi connectivity index (χ2n) is 5.55. The smallest absolute Gasteiger partial charge is 0.337 e. The van der Waals surface area contributed by atoms with Gasteiger partial charge in [-0.3, -0.25) is 4.79 Å². The molecule has 138 valence electrons. The Hall–Kier alpha value is -3.13. The van der Waals surface area contributed by atoms with Gasteiger partial charge in [-0.05, 0) is 37.3 Å². The number of rotatable bonds is 6. The highest BCUT2D eigenvalue weighted by molar-refractivity contribution is 7.98. The van der Waals surface area contributed by atoms with Gasteiger partial charge in [0.2, 0.25) is 5.89 Å². The summed E-state index contributed by atoms with van der Waals surface area (Å²) in [6.07, 6.45) is 0. The number of methoxy groups -OCH3 is 1. The van der Waals surface area contributed by atoms with Gasteiger partial charge in [-0.25, -0.2) is 4.79 Å². The molecule has 1 heterocycles. The second kappa shape index (κ2) is 8.50. The predicted octanol–water partition coefficient (Wildman–Crippen LogP) is 3.71. The number of nitrogens with one attached hydrogen (secondary N) is 1. The third-order valence-electron chi connectivity index (χ3n) is 3.59. The van der Waals surface area contributed by atoms with E-state index in [2.05, 4.69) is 15.5 Å². The van der Waals surface area contributed by atoms with E-state index in [9.17, 15) is 9.59 Å². The van der Waals surface area contributed by atoms with Gasteiger partial charge in [-0.2, -0.15) is 4.98 Å². The molecule has 27 heavy (non-hydrogen) atoms. The fourth-order valence-electron chi connectivity index (χ4n) is 2.36. The lowest BCUT2D eigenvalue weighted by molar-refractivity contribution is 0.0600. The average molecular weight is 383 g/mol. The Bertz CT molecular complexity index is 971. The summed E-state index contributed by atoms with van der Waals surface area (Å²) < 4.78 is 9.80. The van der Waals surface area contributed by atoms with Crippen molar-refractivity contribution in [3.8, 4) is 0 Å². The van der Waals surface area contributed by atoms with Gasteiger partial charge in [-0.1, -0.05) is 23.4 Å². The van der Waals surface area contributed by atoms with E-state index < -0.39 is 5.97 Å². The molecule has 0 aliphatic heterocycles. The van der Waals surface area contributed by atoms with Crippen molar-refractivity contribution in [1.29, 1.82) is 0 Å². The van der Waals surface area contributed by atoms with Crippen LogP contribution in [0.3, 0.4) is 0 Å². The van der Waals surface area contributed by atoms with Crippen molar-refractivity contribution in [1.82, 2.24) is 10.1 Å². The topological polar surface area (TPSA) is 94.3 Å². The minimum absolute atomic E-state index is 0.276. The van der Waals surface area contributed by atoms with Crippen molar-refractivity contribution >= 4 is 29.3 Å². The molecule has 0 bridgehead atoms. The van der Waals surface area contributed by atoms with Gasteiger partial charge in [0.1, 0.15) is 0 Å². The molecule has 8 heteroatoms. The molecule has 1 aromatic heterocycles. The van der Waals surface area contributed by atoms with Crippen LogP contribution in [0.15, 0.2) is 57.9 Å². The van der Waals surface area contributed by atoms with Crippen LogP contribution >= 0.6 is 11.8 Å². The molecule has 3 aromatic rings. The summed E-state index contributed by atoms with van der Waals surface area (Å²) in [5, 5.41) is 6.56. The number of carbonyl (C=O) groups excluding carboxylic acids is 2. The number of thioether (sulfide) groups is 1. The molecule has 0 fully saturated rings. The van der Waals surface area contributed by atoms with E-state index in [0.29, 0.717) is 34.3 Å². The number of ether oxygens (including phenoxy) is 1. The molecule has 3 rings (SSSR count). The number of carbonyl (C=O) groups is 2. The molecule has 0 unspecified atom stereocenters. The lowest BCUT2D eigenvalue weighted by Gasteiger charge is -2.10. The van der Waals surface area contributed by atoms with Crippen molar-refractivity contribution < 1.29 is 18.8 Å². The fourth-order valence-corrected chi connectivity index (χ4v) is 3.25. The van der Waals surface area contributed by atoms with Crippen molar-refractivity contribution in [2.75, 3.05) is 12.4 Å². The van der Waals surface area contributed by atoms with Crippen LogP contribution in [0.25, 0.3) is 0 Å². The van der Waals surface area contributed by atoms with Gasteiger partial charge in [0.25, 0.3) is 5.91 Å². The first-order valence-corrected chi connectivity index (χ1v) is 9.06. The van der Waals surface area contributed by atoms with Crippen LogP contribution in [0.4, 0.5) is 5.69 Å². The summed E-state index contributed by atoms with van der Waals surface area (Å²) in [6, 6.07) is 13.8. The number of anilines is 1. The molecular weight excluding hydrogens is 366 g/mol. The van der Waals surface area contributed by atoms with Gasteiger partial charge in [0.15, 0.2) is 5.82 Å². The highest BCUT2D eigenvalue weighted by Gasteiger charge is 2.14. The van der Waals surface area contributed by atoms with Crippen molar-refractivity contribution in [3.63, 3.8) is 0 Å². The van der Waals surface area contributed by atoms with Gasteiger partial charge >= 0.3 is 5.97 Å². The molecule has 0 saturated carbocycles. The molecular formula is C19H17N3O4S. The molecule has 0 saturated heterocycles. The molecule has 1 N–H and O–H groups in total. The lowest BCUT2D eigenvalue weighted by atomic mass is 10.1. The zero-order valence-corrected chi connectivity index (χ0v) is 15.6. The zero-order chi connectivity index (χ0) is 19.2. The Kier molecular flexibility index (Phi) is 5.87. The number of hydrogen-bond acceptors (Lipinski definition) is 7. The van der Waals surface area contributed by atoms with Crippen molar-refractivity contribution in [2.45, 2.75) is 17.6 Å². The highest BCUT2D eigenvalue weighted by atomic mass is 32.2. The number of esters is 1. The first-order chi connectivity index (χ1) is 13.1. The van der Waals surface area contributed by atoms with E-state index in [1.54, 1.807) is 43.3 Å². The third kappa shape index (κ3) is 4.73. The SMILES string of the molecule is COC(=O)c1cccc(NC(=O)c2ccccc2SCc2nc(C)no2)c1. The Morgan fingerprint density at radius 3 is 2.74 bits per heavy atom. The summed E-state index contributed by atoms with van der Waals surface area (Å²) >= 11 is 1.43. The minimum Gasteiger partial charge on any atom is -0.465 e. The van der Waals surface area contributed by atoms with Crippen LogP contribution in [0.2, 0.25) is 0 Å². The van der Waals surface area contributed by atoms with E-state index in [1.165, 1.54) is 18.9 Å². The van der Waals surface area contributed by atoms with Gasteiger partial charge < -0.3 is 14.6 Å². The maximum absolute atomic E-state index is 12.7. The van der Waals surface area contributed by atoms with Crippen LogP contribution in [0, 0.1) is 6.92 Å². The van der Waals surface area contributed by atoms with Crippen LogP contribution < -0.4 is 5.32 Å². The maximum atomic E-state index is 12.7. The van der Waals surface area contributed by atoms with E-state index >= 15 is 0 Å². The van der Waals surface area contributed by atoms with E-state index in [1.807, 2.05) is 12.1 Å². The first kappa shape index (κ1) is 18.7. The van der Waals surface area contributed by atoms with E-state index in [-0.39, 0.29) is 5.91 Å². The summed E-state index contributed by atoms with van der Waals surface area (Å²) in [5.74, 6) is 0.794.